The van der Waals surface area contributed by atoms with Crippen LogP contribution < -0.4 is 0 Å². The average molecular weight is 222 g/mol. The van der Waals surface area contributed by atoms with E-state index in [0.29, 0.717) is 6.54 Å². The first-order valence-corrected chi connectivity index (χ1v) is 5.03. The summed E-state index contributed by atoms with van der Waals surface area (Å²) in [5, 5.41) is 23.1. The van der Waals surface area contributed by atoms with Gasteiger partial charge < -0.3 is 0 Å². The van der Waals surface area contributed by atoms with Crippen molar-refractivity contribution in [1.82, 2.24) is 9.78 Å². The number of rotatable bonds is 5. The van der Waals surface area contributed by atoms with Gasteiger partial charge in [-0.2, -0.15) is 10.4 Å². The molecule has 6 nitrogen and oxygen atoms in total. The Bertz CT molecular complexity index is 417. The first-order chi connectivity index (χ1) is 7.44. The summed E-state index contributed by atoms with van der Waals surface area (Å²) in [5.74, 6) is 0. The average Bonchev–Trinajstić information content (AvgIpc) is 2.66. The lowest BCUT2D eigenvalue weighted by atomic mass is 9.90. The monoisotopic (exact) mass is 222 g/mol. The highest BCUT2D eigenvalue weighted by Crippen LogP contribution is 2.21. The zero-order valence-electron chi connectivity index (χ0n) is 9.38. The second kappa shape index (κ2) is 4.75. The van der Waals surface area contributed by atoms with E-state index in [9.17, 15) is 10.1 Å². The molecule has 0 atom stereocenters. The van der Waals surface area contributed by atoms with Crippen LogP contribution in [0.2, 0.25) is 0 Å². The smallest absolute Gasteiger partial charge is 0.266 e. The molecule has 1 heterocycles. The first-order valence-electron chi connectivity index (χ1n) is 5.03. The van der Waals surface area contributed by atoms with Gasteiger partial charge >= 0.3 is 5.69 Å². The predicted molar refractivity (Wildman–Crippen MR) is 57.5 cm³/mol. The minimum Gasteiger partial charge on any atom is -0.266 e. The van der Waals surface area contributed by atoms with E-state index in [2.05, 4.69) is 11.2 Å². The Balaban J connectivity index is 2.44. The Morgan fingerprint density at radius 2 is 2.38 bits per heavy atom. The van der Waals surface area contributed by atoms with Crippen LogP contribution >= 0.6 is 0 Å². The Morgan fingerprint density at radius 3 is 2.88 bits per heavy atom. The third-order valence-electron chi connectivity index (χ3n) is 2.32. The summed E-state index contributed by atoms with van der Waals surface area (Å²) in [6.07, 6.45) is 4.16. The van der Waals surface area contributed by atoms with Gasteiger partial charge in [0, 0.05) is 6.54 Å². The number of hydrogen-bond acceptors (Lipinski definition) is 4. The quantitative estimate of drug-likeness (QED) is 0.564. The lowest BCUT2D eigenvalue weighted by molar-refractivity contribution is -0.385. The van der Waals surface area contributed by atoms with Crippen molar-refractivity contribution in [3.8, 4) is 6.07 Å². The summed E-state index contributed by atoms with van der Waals surface area (Å²) in [5.41, 5.74) is -0.349. The predicted octanol–water partition coefficient (Wildman–Crippen LogP) is 2.12. The molecule has 0 spiro atoms. The zero-order chi connectivity index (χ0) is 12.2. The van der Waals surface area contributed by atoms with Crippen LogP contribution in [0.1, 0.15) is 26.7 Å². The van der Waals surface area contributed by atoms with E-state index >= 15 is 0 Å². The molecule has 0 amide bonds. The maximum atomic E-state index is 10.4. The topological polar surface area (TPSA) is 84.8 Å². The molecule has 0 aromatic carbocycles. The summed E-state index contributed by atoms with van der Waals surface area (Å²) in [6.45, 7) is 4.34. The number of nitro groups is 1. The zero-order valence-corrected chi connectivity index (χ0v) is 9.38. The second-order valence-corrected chi connectivity index (χ2v) is 4.32. The molecule has 0 radical (unpaired) electrons. The van der Waals surface area contributed by atoms with Gasteiger partial charge in [-0.3, -0.25) is 14.8 Å². The molecule has 16 heavy (non-hydrogen) atoms. The van der Waals surface area contributed by atoms with Crippen LogP contribution in [-0.2, 0) is 6.54 Å². The Hall–Kier alpha value is -1.90. The molecule has 0 aliphatic carbocycles. The summed E-state index contributed by atoms with van der Waals surface area (Å²) >= 11 is 0. The number of nitriles is 1. The molecule has 0 saturated heterocycles. The van der Waals surface area contributed by atoms with Crippen molar-refractivity contribution in [2.24, 2.45) is 5.41 Å². The van der Waals surface area contributed by atoms with Crippen LogP contribution in [0.4, 0.5) is 5.69 Å². The summed E-state index contributed by atoms with van der Waals surface area (Å²) in [4.78, 5) is 9.93. The minimum absolute atomic E-state index is 0.000423. The highest BCUT2D eigenvalue weighted by Gasteiger charge is 2.16. The van der Waals surface area contributed by atoms with Gasteiger partial charge in [0.25, 0.3) is 0 Å². The molecule has 0 aliphatic rings. The molecule has 0 unspecified atom stereocenters. The molecule has 0 aliphatic heterocycles. The van der Waals surface area contributed by atoms with Gasteiger partial charge in [-0.15, -0.1) is 0 Å². The van der Waals surface area contributed by atoms with Gasteiger partial charge in [0.15, 0.2) is 0 Å². The summed E-state index contributed by atoms with van der Waals surface area (Å²) in [6, 6.07) is 2.21. The van der Waals surface area contributed by atoms with Gasteiger partial charge in [-0.1, -0.05) is 0 Å². The van der Waals surface area contributed by atoms with Crippen LogP contribution in [0, 0.1) is 26.9 Å². The molecule has 1 aromatic heterocycles. The van der Waals surface area contributed by atoms with Gasteiger partial charge in [0.2, 0.25) is 0 Å². The molecule has 0 N–H and O–H groups in total. The third kappa shape index (κ3) is 3.35. The standard InChI is InChI=1S/C10H14N4O2/c1-10(2,8-11)4-3-5-13-7-9(6-12-13)14(15)16/h6-7H,3-5H2,1-2H3. The highest BCUT2D eigenvalue weighted by molar-refractivity contribution is 5.20. The van der Waals surface area contributed by atoms with Crippen LogP contribution in [-0.4, -0.2) is 14.7 Å². The fraction of sp³-hybridized carbons (Fsp3) is 0.600. The normalized spacial score (nSPS) is 11.1. The maximum Gasteiger partial charge on any atom is 0.306 e. The van der Waals surface area contributed by atoms with Crippen LogP contribution in [0.3, 0.4) is 0 Å². The SMILES string of the molecule is CC(C)(C#N)CCCn1cc([N+](=O)[O-])cn1. The van der Waals surface area contributed by atoms with Gasteiger partial charge in [0.1, 0.15) is 12.4 Å². The Kier molecular flexibility index (Phi) is 3.61. The molecule has 0 saturated carbocycles. The van der Waals surface area contributed by atoms with Gasteiger partial charge in [-0.25, -0.2) is 0 Å². The van der Waals surface area contributed by atoms with Crippen molar-refractivity contribution in [3.63, 3.8) is 0 Å². The molecule has 0 bridgehead atoms. The van der Waals surface area contributed by atoms with E-state index in [1.54, 1.807) is 0 Å². The molecular weight excluding hydrogens is 208 g/mol. The van der Waals surface area contributed by atoms with E-state index in [4.69, 9.17) is 5.26 Å². The summed E-state index contributed by atoms with van der Waals surface area (Å²) < 4.78 is 1.53. The maximum absolute atomic E-state index is 10.4. The van der Waals surface area contributed by atoms with Crippen molar-refractivity contribution in [3.05, 3.63) is 22.5 Å². The molecule has 86 valence electrons. The highest BCUT2D eigenvalue weighted by atomic mass is 16.6. The van der Waals surface area contributed by atoms with Gasteiger partial charge in [-0.05, 0) is 26.7 Å². The lowest BCUT2D eigenvalue weighted by Gasteiger charge is -2.13. The number of aryl methyl sites for hydroxylation is 1. The Labute approximate surface area is 93.6 Å². The molecular formula is C10H14N4O2. The number of hydrogen-bond donors (Lipinski definition) is 0. The van der Waals surface area contributed by atoms with Crippen LogP contribution in [0.25, 0.3) is 0 Å². The molecule has 1 aromatic rings. The van der Waals surface area contributed by atoms with E-state index in [-0.39, 0.29) is 11.1 Å². The van der Waals surface area contributed by atoms with Crippen LogP contribution in [0.5, 0.6) is 0 Å². The number of aromatic nitrogens is 2. The lowest BCUT2D eigenvalue weighted by Crippen LogP contribution is -2.09. The van der Waals surface area contributed by atoms with Crippen molar-refractivity contribution in [2.75, 3.05) is 0 Å². The van der Waals surface area contributed by atoms with Crippen molar-refractivity contribution < 1.29 is 4.92 Å². The van der Waals surface area contributed by atoms with E-state index in [0.717, 1.165) is 12.8 Å². The van der Waals surface area contributed by atoms with Crippen molar-refractivity contribution in [1.29, 1.82) is 5.26 Å². The van der Waals surface area contributed by atoms with E-state index in [1.165, 1.54) is 17.1 Å². The Morgan fingerprint density at radius 1 is 1.69 bits per heavy atom. The van der Waals surface area contributed by atoms with Crippen LogP contribution in [0.15, 0.2) is 12.4 Å². The third-order valence-corrected chi connectivity index (χ3v) is 2.32. The fourth-order valence-corrected chi connectivity index (χ4v) is 1.31. The molecule has 1 rings (SSSR count). The fourth-order valence-electron chi connectivity index (χ4n) is 1.31. The summed E-state index contributed by atoms with van der Waals surface area (Å²) in [7, 11) is 0. The molecule has 6 heteroatoms. The second-order valence-electron chi connectivity index (χ2n) is 4.32. The van der Waals surface area contributed by atoms with Gasteiger partial charge in [0.05, 0.1) is 16.4 Å². The van der Waals surface area contributed by atoms with E-state index < -0.39 is 4.92 Å². The van der Waals surface area contributed by atoms with Crippen molar-refractivity contribution in [2.45, 2.75) is 33.2 Å². The molecule has 0 fully saturated rings. The first kappa shape index (κ1) is 12.2. The van der Waals surface area contributed by atoms with E-state index in [1.807, 2.05) is 13.8 Å². The van der Waals surface area contributed by atoms with Crippen molar-refractivity contribution >= 4 is 5.69 Å². The largest absolute Gasteiger partial charge is 0.306 e. The number of nitrogens with zero attached hydrogens (tertiary/aromatic N) is 4. The minimum atomic E-state index is -0.470.